The molecule has 118 valence electrons. The topological polar surface area (TPSA) is 80.3 Å². The molecule has 0 fully saturated rings. The van der Waals surface area contributed by atoms with E-state index in [1.165, 1.54) is 16.1 Å². The Bertz CT molecular complexity index is 598. The fourth-order valence-corrected chi connectivity index (χ4v) is 1.80. The van der Waals surface area contributed by atoms with E-state index in [0.29, 0.717) is 9.79 Å². The summed E-state index contributed by atoms with van der Waals surface area (Å²) in [5.41, 5.74) is 0.261. The fourth-order valence-electron chi connectivity index (χ4n) is 1.29. The van der Waals surface area contributed by atoms with Gasteiger partial charge in [-0.15, -0.1) is 25.3 Å². The summed E-state index contributed by atoms with van der Waals surface area (Å²) >= 11 is 8.90. The molecule has 8 heteroatoms. The predicted molar refractivity (Wildman–Crippen MR) is 86.5 cm³/mol. The Hall–Kier alpha value is 0.0151. The van der Waals surface area contributed by atoms with Gasteiger partial charge in [-0.2, -0.15) is 0 Å². The van der Waals surface area contributed by atoms with Crippen LogP contribution in [0.4, 0.5) is 0 Å². The number of carboxylic acid groups (broad SMARTS) is 2. The molecule has 2 aromatic carbocycles. The number of carboxylic acids is 2. The summed E-state index contributed by atoms with van der Waals surface area (Å²) in [6.07, 6.45) is 0. The Kier molecular flexibility index (Phi) is 16.7. The van der Waals surface area contributed by atoms with Crippen molar-refractivity contribution >= 4 is 37.2 Å². The van der Waals surface area contributed by atoms with Crippen LogP contribution in [0.5, 0.6) is 0 Å². The normalized spacial score (nSPS) is 8.54. The number of carbonyl (C=O) groups excluding carboxylic acids is 2. The molecule has 0 atom stereocenters. The minimum absolute atomic E-state index is 0. The van der Waals surface area contributed by atoms with Crippen LogP contribution in [0.2, 0.25) is 3.93 Å². The number of thiol groups is 2. The van der Waals surface area contributed by atoms with E-state index in [0.717, 1.165) is 26.1 Å². The quantitative estimate of drug-likeness (QED) is 0.353. The standard InChI is InChI=1S/2C7H6O2S.C2H5.Hg.Na/c2*8-7(9)5-3-1-2-4-6(5)10;1-2;;/h2*1-4,10H,(H,8,9);1H2,2H3;;/q;;;2*+1/p-2. The van der Waals surface area contributed by atoms with Crippen LogP contribution in [0.15, 0.2) is 58.3 Å². The Balaban J connectivity index is 0. The van der Waals surface area contributed by atoms with Gasteiger partial charge in [-0.05, 0) is 12.1 Å². The average Bonchev–Trinajstić information content (AvgIpc) is 2.49. The summed E-state index contributed by atoms with van der Waals surface area (Å²) in [7, 11) is 0. The van der Waals surface area contributed by atoms with Gasteiger partial charge >= 0.3 is 66.5 Å². The molecular formula is C16H15HgNaO4S2. The van der Waals surface area contributed by atoms with Crippen molar-refractivity contribution in [3.8, 4) is 0 Å². The zero-order valence-electron chi connectivity index (χ0n) is 13.6. The third-order valence-electron chi connectivity index (χ3n) is 2.25. The Morgan fingerprint density at radius 3 is 1.29 bits per heavy atom. The summed E-state index contributed by atoms with van der Waals surface area (Å²) in [6, 6.07) is 12.8. The van der Waals surface area contributed by atoms with Gasteiger partial charge in [0.25, 0.3) is 0 Å². The van der Waals surface area contributed by atoms with E-state index < -0.39 is 11.9 Å². The van der Waals surface area contributed by atoms with E-state index in [-0.39, 0.29) is 40.7 Å². The van der Waals surface area contributed by atoms with Crippen LogP contribution in [0, 0.1) is 0 Å². The molecule has 0 aliphatic rings. The van der Waals surface area contributed by atoms with Crippen molar-refractivity contribution in [2.24, 2.45) is 0 Å². The van der Waals surface area contributed by atoms with Gasteiger partial charge in [0, 0.05) is 20.9 Å². The molecule has 0 amide bonds. The number of benzene rings is 2. The maximum absolute atomic E-state index is 10.3. The van der Waals surface area contributed by atoms with E-state index in [9.17, 15) is 19.8 Å². The first-order chi connectivity index (χ1) is 10.8. The number of hydrogen-bond acceptors (Lipinski definition) is 6. The predicted octanol–water partition coefficient (Wildman–Crippen LogP) is -1.35. The first kappa shape index (κ1) is 26.2. The van der Waals surface area contributed by atoms with Gasteiger partial charge in [-0.25, -0.2) is 0 Å². The molecule has 0 aliphatic heterocycles. The van der Waals surface area contributed by atoms with Crippen molar-refractivity contribution < 1.29 is 75.5 Å². The van der Waals surface area contributed by atoms with Crippen LogP contribution >= 0.6 is 25.3 Å². The second-order valence-corrected chi connectivity index (χ2v) is 8.96. The van der Waals surface area contributed by atoms with E-state index in [1.54, 1.807) is 36.4 Å². The number of carbonyl (C=O) groups is 2. The molecule has 0 saturated heterocycles. The molecule has 0 spiro atoms. The molecular weight excluding hydrogens is 544 g/mol. The largest absolute Gasteiger partial charge is 1.00 e. The number of hydrogen-bond donors (Lipinski definition) is 2. The van der Waals surface area contributed by atoms with Crippen molar-refractivity contribution in [3.05, 3.63) is 59.7 Å². The monoisotopic (exact) mass is 560 g/mol. The van der Waals surface area contributed by atoms with Crippen LogP contribution < -0.4 is 39.8 Å². The van der Waals surface area contributed by atoms with E-state index in [4.69, 9.17) is 0 Å². The molecule has 0 heterocycles. The van der Waals surface area contributed by atoms with Gasteiger partial charge in [0.2, 0.25) is 0 Å². The molecule has 0 saturated carbocycles. The van der Waals surface area contributed by atoms with Crippen molar-refractivity contribution in [2.75, 3.05) is 0 Å². The minimum atomic E-state index is -1.19. The molecule has 0 aromatic heterocycles. The molecule has 0 aliphatic carbocycles. The summed E-state index contributed by atoms with van der Waals surface area (Å²) < 4.78 is 1.44. The Morgan fingerprint density at radius 2 is 1.12 bits per heavy atom. The van der Waals surface area contributed by atoms with Gasteiger partial charge in [-0.3, -0.25) is 0 Å². The Labute approximate surface area is 191 Å². The molecule has 0 bridgehead atoms. The summed E-state index contributed by atoms with van der Waals surface area (Å²) in [5, 5.41) is 20.5. The van der Waals surface area contributed by atoms with Crippen LogP contribution in [0.3, 0.4) is 0 Å². The van der Waals surface area contributed by atoms with Gasteiger partial charge in [0.1, 0.15) is 0 Å². The van der Waals surface area contributed by atoms with Crippen molar-refractivity contribution in [2.45, 2.75) is 20.6 Å². The maximum atomic E-state index is 10.3. The van der Waals surface area contributed by atoms with Crippen LogP contribution in [-0.4, -0.2) is 11.9 Å². The summed E-state index contributed by atoms with van der Waals surface area (Å²) in [6.45, 7) is 2.21. The van der Waals surface area contributed by atoms with E-state index >= 15 is 0 Å². The van der Waals surface area contributed by atoms with Gasteiger partial charge < -0.3 is 19.8 Å². The molecule has 24 heavy (non-hydrogen) atoms. The first-order valence-corrected chi connectivity index (χ1v) is 11.4. The molecule has 2 rings (SSSR count). The molecule has 0 unspecified atom stereocenters. The molecule has 4 nitrogen and oxygen atoms in total. The van der Waals surface area contributed by atoms with Crippen molar-refractivity contribution in [3.63, 3.8) is 0 Å². The smallest absolute Gasteiger partial charge is 0.545 e. The Morgan fingerprint density at radius 1 is 0.875 bits per heavy atom. The number of aromatic carboxylic acids is 2. The van der Waals surface area contributed by atoms with Crippen LogP contribution in [-0.2, 0) is 26.1 Å². The second-order valence-electron chi connectivity index (χ2n) is 4.11. The van der Waals surface area contributed by atoms with Gasteiger partial charge in [0.15, 0.2) is 0 Å². The van der Waals surface area contributed by atoms with E-state index in [2.05, 4.69) is 32.2 Å². The van der Waals surface area contributed by atoms with Crippen LogP contribution in [0.25, 0.3) is 0 Å². The molecule has 2 aromatic rings. The summed E-state index contributed by atoms with van der Waals surface area (Å²) in [4.78, 5) is 21.4. The van der Waals surface area contributed by atoms with Crippen molar-refractivity contribution in [1.82, 2.24) is 0 Å². The van der Waals surface area contributed by atoms with Gasteiger partial charge in [-0.1, -0.05) is 36.4 Å². The first-order valence-electron chi connectivity index (χ1n) is 6.63. The second kappa shape index (κ2) is 15.3. The van der Waals surface area contributed by atoms with Gasteiger partial charge in [0.05, 0.1) is 11.9 Å². The van der Waals surface area contributed by atoms with E-state index in [1.807, 2.05) is 0 Å². The fraction of sp³-hybridized carbons (Fsp3) is 0.125. The SMILES string of the molecule is C[CH2][Hg+].O=C([O-])c1ccccc1S.O=C([O-])c1ccccc1S.[Na+]. The zero-order chi connectivity index (χ0) is 17.8. The average molecular weight is 559 g/mol. The van der Waals surface area contributed by atoms with Crippen LogP contribution in [0.1, 0.15) is 27.6 Å². The maximum Gasteiger partial charge on any atom is 1.00 e. The third kappa shape index (κ3) is 10.8. The zero-order valence-corrected chi connectivity index (χ0v) is 22.8. The minimum Gasteiger partial charge on any atom is -0.545 e. The van der Waals surface area contributed by atoms with Crippen molar-refractivity contribution in [1.29, 1.82) is 0 Å². The summed E-state index contributed by atoms with van der Waals surface area (Å²) in [5.74, 6) is -2.38. The number of rotatable bonds is 2. The molecule has 0 N–H and O–H groups in total. The molecule has 0 radical (unpaired) electrons. The third-order valence-corrected chi connectivity index (χ3v) is 3.03.